The molecule has 0 saturated carbocycles. The monoisotopic (exact) mass is 218 g/mol. The van der Waals surface area contributed by atoms with E-state index in [4.69, 9.17) is 19.2 Å². The molecule has 0 aliphatic heterocycles. The molecule has 0 aliphatic carbocycles. The van der Waals surface area contributed by atoms with Crippen LogP contribution in [0.5, 0.6) is 0 Å². The van der Waals surface area contributed by atoms with Crippen molar-refractivity contribution >= 4 is 62.6 Å². The van der Waals surface area contributed by atoms with E-state index in [1.807, 2.05) is 0 Å². The number of rotatable bonds is 0. The molecule has 0 aromatic rings. The molecule has 0 heterocycles. The fourth-order valence-corrected chi connectivity index (χ4v) is 0. The van der Waals surface area contributed by atoms with Gasteiger partial charge in [0.15, 0.2) is 0 Å². The summed E-state index contributed by atoms with van der Waals surface area (Å²) in [6, 6.07) is 0. The summed E-state index contributed by atoms with van der Waals surface area (Å²) in [7, 11) is -4.64. The first kappa shape index (κ1) is 16.0. The molecule has 3 N–H and O–H groups in total. The minimum atomic E-state index is -4.64. The summed E-state index contributed by atoms with van der Waals surface area (Å²) < 4.78 is 8.88. The van der Waals surface area contributed by atoms with Gasteiger partial charge in [0, 0.05) is 54.8 Å². The van der Waals surface area contributed by atoms with Crippen LogP contribution in [-0.4, -0.2) is 69.5 Å². The normalized spacial score (nSPS) is 8.43. The third-order valence-electron chi connectivity index (χ3n) is 0. The van der Waals surface area contributed by atoms with E-state index in [0.29, 0.717) is 0 Å². The molecule has 0 bridgehead atoms. The Labute approximate surface area is 81.0 Å². The van der Waals surface area contributed by atoms with E-state index in [9.17, 15) is 0 Å². The van der Waals surface area contributed by atoms with Crippen LogP contribution >= 0.6 is 7.82 Å². The fraction of sp³-hybridized carbons (Fsp3) is 0. The van der Waals surface area contributed by atoms with Crippen LogP contribution in [0, 0.1) is 0 Å². The summed E-state index contributed by atoms with van der Waals surface area (Å²) >= 11 is 0. The zero-order valence-electron chi connectivity index (χ0n) is 3.31. The van der Waals surface area contributed by atoms with Gasteiger partial charge in [-0.2, -0.15) is 0 Å². The Balaban J connectivity index is -0.0000000800. The Bertz CT molecular complexity index is 57.8. The Morgan fingerprint density at radius 2 is 1.14 bits per heavy atom. The topological polar surface area (TPSA) is 77.8 Å². The molecule has 4 nitrogen and oxygen atoms in total. The van der Waals surface area contributed by atoms with Gasteiger partial charge in [0.1, 0.15) is 0 Å². The molecule has 4 radical (unpaired) electrons. The van der Waals surface area contributed by atoms with Crippen LogP contribution < -0.4 is 0 Å². The van der Waals surface area contributed by atoms with Crippen LogP contribution in [0.3, 0.4) is 0 Å². The number of hydrogen-bond acceptors (Lipinski definition) is 1. The molecule has 7 heavy (non-hydrogen) atoms. The number of hydrogen-bond donors (Lipinski definition) is 3. The first-order chi connectivity index (χ1) is 2.00. The van der Waals surface area contributed by atoms with Crippen molar-refractivity contribution in [2.24, 2.45) is 0 Å². The molecule has 7 heteroatoms. The third-order valence-corrected chi connectivity index (χ3v) is 0. The minimum absolute atomic E-state index is 0. The van der Waals surface area contributed by atoms with E-state index in [2.05, 4.69) is 0 Å². The quantitative estimate of drug-likeness (QED) is 0.334. The van der Waals surface area contributed by atoms with Crippen LogP contribution in [0.4, 0.5) is 0 Å². The van der Waals surface area contributed by atoms with Crippen LogP contribution in [-0.2, 0) is 4.57 Å². The van der Waals surface area contributed by atoms with Crippen molar-refractivity contribution in [3.63, 3.8) is 0 Å². The second kappa shape index (κ2) is 6.02. The molecule has 0 amide bonds. The van der Waals surface area contributed by atoms with E-state index in [0.717, 1.165) is 0 Å². The molecule has 0 aromatic heterocycles. The molecular formula is H3CaO4PSe. The van der Waals surface area contributed by atoms with Gasteiger partial charge < -0.3 is 14.7 Å². The van der Waals surface area contributed by atoms with Crippen molar-refractivity contribution in [1.29, 1.82) is 0 Å². The number of phosphoric acid groups is 1. The van der Waals surface area contributed by atoms with Crippen molar-refractivity contribution in [1.82, 2.24) is 0 Å². The minimum Gasteiger partial charge on any atom is -0.303 e. The molecular weight excluding hydrogens is 214 g/mol. The van der Waals surface area contributed by atoms with Gasteiger partial charge in [0.05, 0.1) is 0 Å². The van der Waals surface area contributed by atoms with Crippen molar-refractivity contribution in [2.75, 3.05) is 0 Å². The van der Waals surface area contributed by atoms with Crippen molar-refractivity contribution in [2.45, 2.75) is 0 Å². The predicted molar refractivity (Wildman–Crippen MR) is 25.8 cm³/mol. The maximum Gasteiger partial charge on any atom is 0.466 e. The zero-order valence-corrected chi connectivity index (χ0v) is 8.13. The fourth-order valence-electron chi connectivity index (χ4n) is 0. The van der Waals surface area contributed by atoms with E-state index >= 15 is 0 Å². The summed E-state index contributed by atoms with van der Waals surface area (Å²) in [6.07, 6.45) is 0. The average molecular weight is 217 g/mol. The molecule has 0 saturated heterocycles. The van der Waals surface area contributed by atoms with E-state index in [1.54, 1.807) is 0 Å². The van der Waals surface area contributed by atoms with E-state index in [1.165, 1.54) is 0 Å². The van der Waals surface area contributed by atoms with E-state index < -0.39 is 7.82 Å². The first-order valence-electron chi connectivity index (χ1n) is 0.783. The van der Waals surface area contributed by atoms with E-state index in [-0.39, 0.29) is 54.8 Å². The summed E-state index contributed by atoms with van der Waals surface area (Å²) in [5.41, 5.74) is 0. The second-order valence-corrected chi connectivity index (χ2v) is 1.54. The van der Waals surface area contributed by atoms with Crippen molar-refractivity contribution in [3.05, 3.63) is 0 Å². The average Bonchev–Trinajstić information content (AvgIpc) is 0.722. The molecule has 0 aliphatic rings. The van der Waals surface area contributed by atoms with Crippen molar-refractivity contribution in [3.8, 4) is 0 Å². The standard InChI is InChI=1S/Ca.H3O4P.Se/c;1-5(2,3)4;/h;(H3,1,2,3,4);. The zero-order chi connectivity index (χ0) is 4.50. The predicted octanol–water partition coefficient (Wildman–Crippen LogP) is -1.69. The summed E-state index contributed by atoms with van der Waals surface area (Å²) in [5, 5.41) is 0. The molecule has 0 aromatic carbocycles. The molecule has 0 fully saturated rings. The smallest absolute Gasteiger partial charge is 0.303 e. The van der Waals surface area contributed by atoms with Gasteiger partial charge in [0.2, 0.25) is 0 Å². The Morgan fingerprint density at radius 1 is 1.14 bits per heavy atom. The first-order valence-corrected chi connectivity index (χ1v) is 2.35. The van der Waals surface area contributed by atoms with Gasteiger partial charge >= 0.3 is 7.82 Å². The molecule has 0 unspecified atom stereocenters. The Kier molecular flexibility index (Phi) is 13.7. The molecule has 0 spiro atoms. The molecule has 0 rings (SSSR count). The van der Waals surface area contributed by atoms with Gasteiger partial charge in [-0.3, -0.25) is 0 Å². The third kappa shape index (κ3) is 76.7. The maximum absolute atomic E-state index is 8.88. The van der Waals surface area contributed by atoms with Gasteiger partial charge in [-0.25, -0.2) is 4.57 Å². The Morgan fingerprint density at radius 3 is 1.14 bits per heavy atom. The van der Waals surface area contributed by atoms with Crippen LogP contribution in [0.2, 0.25) is 0 Å². The second-order valence-electron chi connectivity index (χ2n) is 0.513. The van der Waals surface area contributed by atoms with Gasteiger partial charge in [0.25, 0.3) is 0 Å². The summed E-state index contributed by atoms with van der Waals surface area (Å²) in [4.78, 5) is 21.6. The van der Waals surface area contributed by atoms with Crippen molar-refractivity contribution < 1.29 is 19.2 Å². The summed E-state index contributed by atoms with van der Waals surface area (Å²) in [5.74, 6) is 0. The van der Waals surface area contributed by atoms with Gasteiger partial charge in [-0.15, -0.1) is 0 Å². The van der Waals surface area contributed by atoms with Crippen LogP contribution in [0.25, 0.3) is 0 Å². The van der Waals surface area contributed by atoms with Gasteiger partial charge in [-0.05, 0) is 0 Å². The maximum atomic E-state index is 8.88. The van der Waals surface area contributed by atoms with Crippen LogP contribution in [0.1, 0.15) is 0 Å². The Hall–Kier alpha value is 1.89. The SMILES string of the molecule is O=P(O)(O)O.[Ca].[Se]. The molecule has 0 atom stereocenters. The summed E-state index contributed by atoms with van der Waals surface area (Å²) in [6.45, 7) is 0. The largest absolute Gasteiger partial charge is 0.466 e. The van der Waals surface area contributed by atoms with Gasteiger partial charge in [-0.1, -0.05) is 0 Å². The van der Waals surface area contributed by atoms with Crippen LogP contribution in [0.15, 0.2) is 0 Å². The molecule has 40 valence electrons.